The molecule has 1 saturated heterocycles. The number of hydrogen-bond donors (Lipinski definition) is 1. The van der Waals surface area contributed by atoms with Crippen molar-refractivity contribution in [2.45, 2.75) is 12.5 Å². The second-order valence-electron chi connectivity index (χ2n) is 6.23. The minimum Gasteiger partial charge on any atom is -0.448 e. The SMILES string of the molecule is Cn1c(=O)c(Oc2ccc(F)cc2F)cc2cnc(N[C@H]3CCOC3)nc21. The maximum absolute atomic E-state index is 13.8. The lowest BCUT2D eigenvalue weighted by Gasteiger charge is -2.13. The van der Waals surface area contributed by atoms with Crippen LogP contribution in [0.5, 0.6) is 11.5 Å². The van der Waals surface area contributed by atoms with Crippen LogP contribution in [0.15, 0.2) is 35.3 Å². The number of ether oxygens (including phenoxy) is 2. The van der Waals surface area contributed by atoms with Crippen LogP contribution in [0.1, 0.15) is 6.42 Å². The molecule has 0 aliphatic carbocycles. The molecule has 0 bridgehead atoms. The van der Waals surface area contributed by atoms with Crippen LogP contribution in [-0.4, -0.2) is 33.8 Å². The zero-order chi connectivity index (χ0) is 19.0. The molecule has 1 aliphatic heterocycles. The molecule has 140 valence electrons. The molecule has 3 heterocycles. The number of halogens is 2. The van der Waals surface area contributed by atoms with Crippen molar-refractivity contribution in [2.24, 2.45) is 7.05 Å². The molecule has 1 aliphatic rings. The fraction of sp³-hybridized carbons (Fsp3) is 0.278. The molecule has 3 aromatic rings. The monoisotopic (exact) mass is 374 g/mol. The van der Waals surface area contributed by atoms with Gasteiger partial charge in [-0.2, -0.15) is 4.98 Å². The Hall–Kier alpha value is -3.07. The molecule has 1 fully saturated rings. The van der Waals surface area contributed by atoms with E-state index in [2.05, 4.69) is 15.3 Å². The van der Waals surface area contributed by atoms with E-state index in [0.717, 1.165) is 18.6 Å². The Bertz CT molecular complexity index is 1060. The summed E-state index contributed by atoms with van der Waals surface area (Å²) < 4.78 is 38.8. The van der Waals surface area contributed by atoms with Gasteiger partial charge in [0.1, 0.15) is 11.5 Å². The zero-order valence-corrected chi connectivity index (χ0v) is 14.4. The Morgan fingerprint density at radius 2 is 2.15 bits per heavy atom. The average Bonchev–Trinajstić information content (AvgIpc) is 3.15. The molecule has 7 nitrogen and oxygen atoms in total. The number of rotatable bonds is 4. The fourth-order valence-electron chi connectivity index (χ4n) is 2.87. The summed E-state index contributed by atoms with van der Waals surface area (Å²) in [6, 6.07) is 4.43. The molecule has 1 atom stereocenters. The predicted molar refractivity (Wildman–Crippen MR) is 94.1 cm³/mol. The van der Waals surface area contributed by atoms with E-state index in [9.17, 15) is 13.6 Å². The van der Waals surface area contributed by atoms with E-state index in [-0.39, 0.29) is 17.5 Å². The van der Waals surface area contributed by atoms with E-state index < -0.39 is 17.2 Å². The van der Waals surface area contributed by atoms with Gasteiger partial charge in [0.2, 0.25) is 5.95 Å². The standard InChI is InChI=1S/C18H16F2N4O3/c1-24-16-10(8-21-18(23-16)22-12-4-5-26-9-12)6-15(17(24)25)27-14-3-2-11(19)7-13(14)20/h2-3,6-8,12H,4-5,9H2,1H3,(H,21,22,23)/t12-/m0/s1. The topological polar surface area (TPSA) is 78.3 Å². The summed E-state index contributed by atoms with van der Waals surface area (Å²) in [6.45, 7) is 1.26. The molecule has 2 aromatic heterocycles. The molecule has 0 spiro atoms. The second-order valence-corrected chi connectivity index (χ2v) is 6.23. The maximum atomic E-state index is 13.8. The first-order valence-electron chi connectivity index (χ1n) is 8.35. The van der Waals surface area contributed by atoms with E-state index in [1.807, 2.05) is 0 Å². The Labute approximate surface area is 152 Å². The van der Waals surface area contributed by atoms with Crippen molar-refractivity contribution in [1.82, 2.24) is 14.5 Å². The quantitative estimate of drug-likeness (QED) is 0.756. The van der Waals surface area contributed by atoms with Gasteiger partial charge in [0.05, 0.1) is 12.6 Å². The first kappa shape index (κ1) is 17.3. The van der Waals surface area contributed by atoms with Gasteiger partial charge in [-0.1, -0.05) is 0 Å². The van der Waals surface area contributed by atoms with Crippen molar-refractivity contribution in [2.75, 3.05) is 18.5 Å². The predicted octanol–water partition coefficient (Wildman–Crippen LogP) is 2.60. The number of nitrogens with zero attached hydrogens (tertiary/aromatic N) is 3. The molecule has 1 N–H and O–H groups in total. The van der Waals surface area contributed by atoms with E-state index in [1.165, 1.54) is 17.7 Å². The van der Waals surface area contributed by atoms with Gasteiger partial charge in [-0.3, -0.25) is 9.36 Å². The van der Waals surface area contributed by atoms with Crippen LogP contribution in [0.4, 0.5) is 14.7 Å². The Balaban J connectivity index is 1.69. The molecule has 0 unspecified atom stereocenters. The lowest BCUT2D eigenvalue weighted by molar-refractivity contribution is 0.195. The van der Waals surface area contributed by atoms with Crippen LogP contribution in [-0.2, 0) is 11.8 Å². The first-order valence-corrected chi connectivity index (χ1v) is 8.35. The number of aryl methyl sites for hydroxylation is 1. The highest BCUT2D eigenvalue weighted by atomic mass is 19.1. The Morgan fingerprint density at radius 3 is 2.89 bits per heavy atom. The molecule has 27 heavy (non-hydrogen) atoms. The van der Waals surface area contributed by atoms with Gasteiger partial charge in [-0.25, -0.2) is 13.8 Å². The summed E-state index contributed by atoms with van der Waals surface area (Å²) in [5.74, 6) is -1.58. The van der Waals surface area contributed by atoms with E-state index in [1.54, 1.807) is 6.20 Å². The molecule has 0 amide bonds. The number of benzene rings is 1. The number of hydrogen-bond acceptors (Lipinski definition) is 6. The smallest absolute Gasteiger partial charge is 0.294 e. The lowest BCUT2D eigenvalue weighted by atomic mass is 10.3. The van der Waals surface area contributed by atoms with Gasteiger partial charge in [0, 0.05) is 31.3 Å². The third-order valence-corrected chi connectivity index (χ3v) is 4.29. The van der Waals surface area contributed by atoms with E-state index >= 15 is 0 Å². The first-order chi connectivity index (χ1) is 13.0. The van der Waals surface area contributed by atoms with Crippen LogP contribution >= 0.6 is 0 Å². The van der Waals surface area contributed by atoms with Crippen molar-refractivity contribution in [3.05, 3.63) is 52.5 Å². The number of fused-ring (bicyclic) bond motifs is 1. The Morgan fingerprint density at radius 1 is 1.30 bits per heavy atom. The number of aromatic nitrogens is 3. The average molecular weight is 374 g/mol. The van der Waals surface area contributed by atoms with Gasteiger partial charge in [-0.05, 0) is 24.6 Å². The summed E-state index contributed by atoms with van der Waals surface area (Å²) in [5, 5.41) is 3.71. The van der Waals surface area contributed by atoms with Gasteiger partial charge in [-0.15, -0.1) is 0 Å². The van der Waals surface area contributed by atoms with Crippen molar-refractivity contribution in [3.8, 4) is 11.5 Å². The summed E-state index contributed by atoms with van der Waals surface area (Å²) in [4.78, 5) is 21.2. The van der Waals surface area contributed by atoms with Crippen LogP contribution < -0.4 is 15.6 Å². The minimum atomic E-state index is -0.897. The summed E-state index contributed by atoms with van der Waals surface area (Å²) in [7, 11) is 1.54. The zero-order valence-electron chi connectivity index (χ0n) is 14.4. The maximum Gasteiger partial charge on any atom is 0.294 e. The number of anilines is 1. The van der Waals surface area contributed by atoms with Crippen molar-refractivity contribution in [1.29, 1.82) is 0 Å². The minimum absolute atomic E-state index is 0.107. The van der Waals surface area contributed by atoms with E-state index in [0.29, 0.717) is 36.3 Å². The lowest BCUT2D eigenvalue weighted by Crippen LogP contribution is -2.22. The van der Waals surface area contributed by atoms with Crippen molar-refractivity contribution in [3.63, 3.8) is 0 Å². The van der Waals surface area contributed by atoms with Gasteiger partial charge < -0.3 is 14.8 Å². The Kier molecular flexibility index (Phi) is 4.44. The molecule has 1 aromatic carbocycles. The largest absolute Gasteiger partial charge is 0.448 e. The molecule has 4 rings (SSSR count). The van der Waals surface area contributed by atoms with Crippen LogP contribution in [0.2, 0.25) is 0 Å². The number of nitrogens with one attached hydrogen (secondary N) is 1. The van der Waals surface area contributed by atoms with Gasteiger partial charge in [0.15, 0.2) is 17.3 Å². The third-order valence-electron chi connectivity index (χ3n) is 4.29. The summed E-state index contributed by atoms with van der Waals surface area (Å²) in [6.07, 6.45) is 2.41. The van der Waals surface area contributed by atoms with E-state index in [4.69, 9.17) is 9.47 Å². The molecule has 9 heteroatoms. The molecular formula is C18H16F2N4O3. The number of pyridine rings is 1. The highest BCUT2D eigenvalue weighted by Crippen LogP contribution is 2.25. The summed E-state index contributed by atoms with van der Waals surface area (Å²) >= 11 is 0. The van der Waals surface area contributed by atoms with Crippen molar-refractivity contribution >= 4 is 17.0 Å². The van der Waals surface area contributed by atoms with Crippen LogP contribution in [0.25, 0.3) is 11.0 Å². The van der Waals surface area contributed by atoms with Gasteiger partial charge in [0.25, 0.3) is 5.56 Å². The second kappa shape index (κ2) is 6.92. The normalized spacial score (nSPS) is 16.6. The van der Waals surface area contributed by atoms with Crippen molar-refractivity contribution < 1.29 is 18.3 Å². The fourth-order valence-corrected chi connectivity index (χ4v) is 2.87. The molecule has 0 radical (unpaired) electrons. The third kappa shape index (κ3) is 3.45. The summed E-state index contributed by atoms with van der Waals surface area (Å²) in [5.41, 5.74) is -0.0941. The molecule has 0 saturated carbocycles. The van der Waals surface area contributed by atoms with Crippen LogP contribution in [0.3, 0.4) is 0 Å². The van der Waals surface area contributed by atoms with Gasteiger partial charge >= 0.3 is 0 Å². The highest BCUT2D eigenvalue weighted by molar-refractivity contribution is 5.76. The molecular weight excluding hydrogens is 358 g/mol. The van der Waals surface area contributed by atoms with Crippen LogP contribution in [0, 0.1) is 11.6 Å². The highest BCUT2D eigenvalue weighted by Gasteiger charge is 2.18.